The number of nitrogens with two attached hydrogens (primary N) is 1. The predicted molar refractivity (Wildman–Crippen MR) is 88.9 cm³/mol. The third-order valence-corrected chi connectivity index (χ3v) is 5.10. The van der Waals surface area contributed by atoms with E-state index in [1.54, 1.807) is 11.3 Å². The fourth-order valence-electron chi connectivity index (χ4n) is 3.16. The molecule has 3 nitrogen and oxygen atoms in total. The predicted octanol–water partition coefficient (Wildman–Crippen LogP) is 3.99. The molecule has 1 aromatic heterocycles. The van der Waals surface area contributed by atoms with Gasteiger partial charge < -0.3 is 10.6 Å². The van der Waals surface area contributed by atoms with Crippen LogP contribution in [0.25, 0.3) is 10.2 Å². The normalized spacial score (nSPS) is 13.9. The molecule has 3 rings (SSSR count). The zero-order chi connectivity index (χ0) is 14.1. The molecule has 0 aliphatic heterocycles. The summed E-state index contributed by atoms with van der Waals surface area (Å²) < 4.78 is 1.26. The Balaban J connectivity index is 2.06. The third-order valence-electron chi connectivity index (χ3n) is 4.04. The number of nitrogen functional groups attached to an aromatic ring is 1. The van der Waals surface area contributed by atoms with Crippen LogP contribution in [-0.4, -0.2) is 18.1 Å². The minimum Gasteiger partial charge on any atom is -0.398 e. The van der Waals surface area contributed by atoms with E-state index in [2.05, 4.69) is 24.8 Å². The molecule has 0 amide bonds. The number of anilines is 2. The van der Waals surface area contributed by atoms with Gasteiger partial charge in [-0.3, -0.25) is 0 Å². The van der Waals surface area contributed by atoms with E-state index < -0.39 is 0 Å². The highest BCUT2D eigenvalue weighted by atomic mass is 32.1. The van der Waals surface area contributed by atoms with Gasteiger partial charge in [0.05, 0.1) is 10.2 Å². The monoisotopic (exact) mass is 289 g/mol. The zero-order valence-corrected chi connectivity index (χ0v) is 13.2. The number of aryl methyl sites for hydroxylation is 1. The summed E-state index contributed by atoms with van der Waals surface area (Å²) >= 11 is 1.80. The average Bonchev–Trinajstić information content (AvgIpc) is 3.04. The molecule has 1 aromatic carbocycles. The van der Waals surface area contributed by atoms with E-state index in [0.29, 0.717) is 0 Å². The number of benzene rings is 1. The summed E-state index contributed by atoms with van der Waals surface area (Å²) in [6.45, 7) is 6.63. The SMILES string of the molecule is CCCN(CCC)c1nc2c3c(c(N)cc2s1)CCC3. The smallest absolute Gasteiger partial charge is 0.186 e. The van der Waals surface area contributed by atoms with Gasteiger partial charge in [0.2, 0.25) is 0 Å². The average molecular weight is 289 g/mol. The fourth-order valence-corrected chi connectivity index (χ4v) is 4.26. The second-order valence-electron chi connectivity index (χ2n) is 5.61. The van der Waals surface area contributed by atoms with Crippen LogP contribution in [0.2, 0.25) is 0 Å². The van der Waals surface area contributed by atoms with E-state index in [-0.39, 0.29) is 0 Å². The number of aromatic nitrogens is 1. The molecule has 0 saturated carbocycles. The molecule has 0 fully saturated rings. The summed E-state index contributed by atoms with van der Waals surface area (Å²) in [4.78, 5) is 7.37. The van der Waals surface area contributed by atoms with Gasteiger partial charge in [-0.05, 0) is 49.3 Å². The minimum absolute atomic E-state index is 0.970. The Morgan fingerprint density at radius 3 is 2.60 bits per heavy atom. The van der Waals surface area contributed by atoms with Crippen molar-refractivity contribution in [3.63, 3.8) is 0 Å². The summed E-state index contributed by atoms with van der Waals surface area (Å²) in [6.07, 6.45) is 5.81. The number of hydrogen-bond acceptors (Lipinski definition) is 4. The maximum atomic E-state index is 6.21. The quantitative estimate of drug-likeness (QED) is 0.846. The zero-order valence-electron chi connectivity index (χ0n) is 12.4. The van der Waals surface area contributed by atoms with Crippen molar-refractivity contribution in [1.29, 1.82) is 0 Å². The van der Waals surface area contributed by atoms with Crippen molar-refractivity contribution in [3.8, 4) is 0 Å². The maximum Gasteiger partial charge on any atom is 0.186 e. The van der Waals surface area contributed by atoms with Gasteiger partial charge >= 0.3 is 0 Å². The second-order valence-corrected chi connectivity index (χ2v) is 6.62. The van der Waals surface area contributed by atoms with Crippen LogP contribution in [0.1, 0.15) is 44.2 Å². The van der Waals surface area contributed by atoms with Gasteiger partial charge in [-0.2, -0.15) is 0 Å². The van der Waals surface area contributed by atoms with Crippen molar-refractivity contribution in [2.75, 3.05) is 23.7 Å². The van der Waals surface area contributed by atoms with Gasteiger partial charge in [-0.15, -0.1) is 0 Å². The van der Waals surface area contributed by atoms with E-state index in [4.69, 9.17) is 10.7 Å². The van der Waals surface area contributed by atoms with Gasteiger partial charge in [-0.1, -0.05) is 25.2 Å². The van der Waals surface area contributed by atoms with Gasteiger partial charge in [-0.25, -0.2) is 4.98 Å². The Morgan fingerprint density at radius 2 is 1.90 bits per heavy atom. The largest absolute Gasteiger partial charge is 0.398 e. The van der Waals surface area contributed by atoms with Crippen LogP contribution in [0.3, 0.4) is 0 Å². The van der Waals surface area contributed by atoms with Crippen molar-refractivity contribution in [2.24, 2.45) is 0 Å². The molecule has 0 unspecified atom stereocenters. The first-order chi connectivity index (χ1) is 9.74. The number of thiazole rings is 1. The molecule has 0 saturated heterocycles. The second kappa shape index (κ2) is 5.60. The van der Waals surface area contributed by atoms with Crippen LogP contribution in [0.5, 0.6) is 0 Å². The molecule has 2 aromatic rings. The van der Waals surface area contributed by atoms with E-state index in [0.717, 1.165) is 44.5 Å². The summed E-state index contributed by atoms with van der Waals surface area (Å²) in [6, 6.07) is 2.14. The summed E-state index contributed by atoms with van der Waals surface area (Å²) in [5, 5.41) is 1.17. The van der Waals surface area contributed by atoms with E-state index in [1.165, 1.54) is 32.9 Å². The molecule has 0 radical (unpaired) electrons. The van der Waals surface area contributed by atoms with Gasteiger partial charge in [0.15, 0.2) is 5.13 Å². The van der Waals surface area contributed by atoms with Gasteiger partial charge in [0.25, 0.3) is 0 Å². The van der Waals surface area contributed by atoms with Crippen molar-refractivity contribution in [3.05, 3.63) is 17.2 Å². The van der Waals surface area contributed by atoms with Gasteiger partial charge in [0, 0.05) is 18.8 Å². The molecule has 0 spiro atoms. The van der Waals surface area contributed by atoms with Crippen LogP contribution < -0.4 is 10.6 Å². The van der Waals surface area contributed by atoms with E-state index >= 15 is 0 Å². The van der Waals surface area contributed by atoms with Crippen molar-refractivity contribution >= 4 is 32.4 Å². The molecular formula is C16H23N3S. The molecule has 1 aliphatic rings. The molecule has 1 heterocycles. The van der Waals surface area contributed by atoms with Crippen LogP contribution in [0.4, 0.5) is 10.8 Å². The lowest BCUT2D eigenvalue weighted by Crippen LogP contribution is -2.24. The number of rotatable bonds is 5. The standard InChI is InChI=1S/C16H23N3S/c1-3-8-19(9-4-2)16-18-15-12-7-5-6-11(12)13(17)10-14(15)20-16/h10H,3-9,17H2,1-2H3. The Labute approximate surface area is 124 Å². The fraction of sp³-hybridized carbons (Fsp3) is 0.562. The minimum atomic E-state index is 0.970. The first-order valence-electron chi connectivity index (χ1n) is 7.70. The molecule has 0 atom stereocenters. The highest BCUT2D eigenvalue weighted by Crippen LogP contribution is 2.38. The highest BCUT2D eigenvalue weighted by molar-refractivity contribution is 7.22. The summed E-state index contributed by atoms with van der Waals surface area (Å²) in [7, 11) is 0. The number of fused-ring (bicyclic) bond motifs is 3. The number of hydrogen-bond donors (Lipinski definition) is 1. The Bertz CT molecular complexity index is 612. The maximum absolute atomic E-state index is 6.21. The topological polar surface area (TPSA) is 42.2 Å². The van der Waals surface area contributed by atoms with Crippen LogP contribution in [0, 0.1) is 0 Å². The first-order valence-corrected chi connectivity index (χ1v) is 8.52. The number of nitrogens with zero attached hydrogens (tertiary/aromatic N) is 2. The Kier molecular flexibility index (Phi) is 3.83. The molecule has 108 valence electrons. The van der Waals surface area contributed by atoms with Crippen LogP contribution in [0.15, 0.2) is 6.07 Å². The summed E-state index contributed by atoms with van der Waals surface area (Å²) in [5.74, 6) is 0. The highest BCUT2D eigenvalue weighted by Gasteiger charge is 2.21. The Hall–Kier alpha value is -1.29. The molecule has 0 bridgehead atoms. The van der Waals surface area contributed by atoms with Crippen molar-refractivity contribution in [2.45, 2.75) is 46.0 Å². The Morgan fingerprint density at radius 1 is 1.20 bits per heavy atom. The van der Waals surface area contributed by atoms with Crippen LogP contribution >= 0.6 is 11.3 Å². The van der Waals surface area contributed by atoms with Crippen molar-refractivity contribution < 1.29 is 0 Å². The van der Waals surface area contributed by atoms with Crippen LogP contribution in [-0.2, 0) is 12.8 Å². The van der Waals surface area contributed by atoms with Crippen molar-refractivity contribution in [1.82, 2.24) is 4.98 Å². The summed E-state index contributed by atoms with van der Waals surface area (Å²) in [5.41, 5.74) is 11.2. The third kappa shape index (κ3) is 2.26. The van der Waals surface area contributed by atoms with Gasteiger partial charge in [0.1, 0.15) is 0 Å². The molecular weight excluding hydrogens is 266 g/mol. The lowest BCUT2D eigenvalue weighted by atomic mass is 10.1. The van der Waals surface area contributed by atoms with E-state index in [9.17, 15) is 0 Å². The van der Waals surface area contributed by atoms with E-state index in [1.807, 2.05) is 0 Å². The first kappa shape index (κ1) is 13.7. The molecule has 20 heavy (non-hydrogen) atoms. The molecule has 4 heteroatoms. The lowest BCUT2D eigenvalue weighted by Gasteiger charge is -2.19. The molecule has 2 N–H and O–H groups in total. The lowest BCUT2D eigenvalue weighted by molar-refractivity contribution is 0.743. The molecule has 1 aliphatic carbocycles.